The Morgan fingerprint density at radius 3 is 3.06 bits per heavy atom. The number of hydrogen-bond acceptors (Lipinski definition) is 3. The van der Waals surface area contributed by atoms with Gasteiger partial charge in [-0.25, -0.2) is 0 Å². The first-order chi connectivity index (χ1) is 8.56. The van der Waals surface area contributed by atoms with E-state index in [2.05, 4.69) is 11.0 Å². The van der Waals surface area contributed by atoms with Gasteiger partial charge in [0.05, 0.1) is 13.0 Å². The molecule has 4 nitrogen and oxygen atoms in total. The molecular weight excluding hydrogens is 230 g/mol. The Morgan fingerprint density at radius 2 is 2.33 bits per heavy atom. The predicted octanol–water partition coefficient (Wildman–Crippen LogP) is 1.92. The number of rotatable bonds is 5. The summed E-state index contributed by atoms with van der Waals surface area (Å²) in [6.07, 6.45) is 1.14. The summed E-state index contributed by atoms with van der Waals surface area (Å²) in [6, 6.07) is 6.25. The van der Waals surface area contributed by atoms with Gasteiger partial charge in [0.2, 0.25) is 0 Å². The summed E-state index contributed by atoms with van der Waals surface area (Å²) in [5.41, 5.74) is 2.46. The molecule has 98 valence electrons. The van der Waals surface area contributed by atoms with Gasteiger partial charge in [-0.3, -0.25) is 9.69 Å². The predicted molar refractivity (Wildman–Crippen MR) is 68.8 cm³/mol. The zero-order valence-corrected chi connectivity index (χ0v) is 10.8. The molecule has 2 rings (SSSR count). The van der Waals surface area contributed by atoms with Crippen molar-refractivity contribution in [3.05, 3.63) is 29.3 Å². The van der Waals surface area contributed by atoms with Gasteiger partial charge in [-0.15, -0.1) is 0 Å². The van der Waals surface area contributed by atoms with Crippen molar-refractivity contribution in [3.8, 4) is 5.75 Å². The normalized spacial score (nSPS) is 15.3. The van der Waals surface area contributed by atoms with Crippen LogP contribution in [0.3, 0.4) is 0 Å². The van der Waals surface area contributed by atoms with Gasteiger partial charge in [0, 0.05) is 19.0 Å². The smallest absolute Gasteiger partial charge is 0.304 e. The molecule has 0 aliphatic carbocycles. The number of ether oxygens (including phenoxy) is 1. The molecule has 1 N–H and O–H groups in total. The fraction of sp³-hybridized carbons (Fsp3) is 0.500. The standard InChI is InChI=1S/C14H19NO3/c1-10(7-14(16)17)15(2)9-11-3-4-13-12(8-11)5-6-18-13/h3-4,8,10H,5-7,9H2,1-2H3,(H,16,17). The van der Waals surface area contributed by atoms with Crippen LogP contribution in [0.15, 0.2) is 18.2 Å². The van der Waals surface area contributed by atoms with E-state index in [1.54, 1.807) is 0 Å². The van der Waals surface area contributed by atoms with Crippen molar-refractivity contribution in [1.82, 2.24) is 4.90 Å². The summed E-state index contributed by atoms with van der Waals surface area (Å²) in [6.45, 7) is 3.47. The van der Waals surface area contributed by atoms with E-state index in [1.807, 2.05) is 26.1 Å². The van der Waals surface area contributed by atoms with Crippen molar-refractivity contribution < 1.29 is 14.6 Å². The maximum Gasteiger partial charge on any atom is 0.304 e. The first-order valence-electron chi connectivity index (χ1n) is 6.23. The highest BCUT2D eigenvalue weighted by Crippen LogP contribution is 2.26. The average Bonchev–Trinajstić information content (AvgIpc) is 2.75. The molecule has 0 radical (unpaired) electrons. The van der Waals surface area contributed by atoms with Crippen LogP contribution in [0.1, 0.15) is 24.5 Å². The van der Waals surface area contributed by atoms with Gasteiger partial charge < -0.3 is 9.84 Å². The number of hydrogen-bond donors (Lipinski definition) is 1. The van der Waals surface area contributed by atoms with Crippen molar-refractivity contribution in [2.45, 2.75) is 32.4 Å². The third-order valence-corrected chi connectivity index (χ3v) is 3.41. The second kappa shape index (κ2) is 5.40. The molecule has 0 aromatic heterocycles. The van der Waals surface area contributed by atoms with Crippen molar-refractivity contribution in [2.75, 3.05) is 13.7 Å². The number of fused-ring (bicyclic) bond motifs is 1. The van der Waals surface area contributed by atoms with E-state index in [1.165, 1.54) is 11.1 Å². The van der Waals surface area contributed by atoms with Crippen LogP contribution in [0.25, 0.3) is 0 Å². The fourth-order valence-electron chi connectivity index (χ4n) is 2.19. The van der Waals surface area contributed by atoms with E-state index in [-0.39, 0.29) is 12.5 Å². The molecule has 1 atom stereocenters. The second-order valence-corrected chi connectivity index (χ2v) is 4.90. The van der Waals surface area contributed by atoms with Crippen LogP contribution >= 0.6 is 0 Å². The van der Waals surface area contributed by atoms with Gasteiger partial charge in [0.1, 0.15) is 5.75 Å². The zero-order valence-electron chi connectivity index (χ0n) is 10.8. The maximum atomic E-state index is 10.7. The van der Waals surface area contributed by atoms with E-state index < -0.39 is 5.97 Å². The fourth-order valence-corrected chi connectivity index (χ4v) is 2.19. The molecule has 18 heavy (non-hydrogen) atoms. The number of nitrogens with zero attached hydrogens (tertiary/aromatic N) is 1. The number of carboxylic acids is 1. The zero-order chi connectivity index (χ0) is 13.1. The monoisotopic (exact) mass is 249 g/mol. The second-order valence-electron chi connectivity index (χ2n) is 4.90. The highest BCUT2D eigenvalue weighted by Gasteiger charge is 2.16. The Labute approximate surface area is 107 Å². The van der Waals surface area contributed by atoms with Gasteiger partial charge in [-0.1, -0.05) is 12.1 Å². The molecule has 1 aliphatic heterocycles. The van der Waals surface area contributed by atoms with Crippen LogP contribution in [0.5, 0.6) is 5.75 Å². The lowest BCUT2D eigenvalue weighted by atomic mass is 10.1. The minimum atomic E-state index is -0.753. The first kappa shape index (κ1) is 12.9. The minimum absolute atomic E-state index is 0.0343. The molecule has 1 aromatic rings. The molecule has 1 aliphatic rings. The van der Waals surface area contributed by atoms with Gasteiger partial charge >= 0.3 is 5.97 Å². The third kappa shape index (κ3) is 3.01. The molecule has 1 aromatic carbocycles. The van der Waals surface area contributed by atoms with E-state index >= 15 is 0 Å². The van der Waals surface area contributed by atoms with Gasteiger partial charge in [0.25, 0.3) is 0 Å². The Bertz CT molecular complexity index is 445. The van der Waals surface area contributed by atoms with Crippen LogP contribution in [-0.2, 0) is 17.8 Å². The lowest BCUT2D eigenvalue weighted by Gasteiger charge is -2.23. The summed E-state index contributed by atoms with van der Waals surface area (Å²) in [5.74, 6) is 0.233. The van der Waals surface area contributed by atoms with Crippen molar-refractivity contribution in [1.29, 1.82) is 0 Å². The molecule has 0 saturated carbocycles. The van der Waals surface area contributed by atoms with Crippen molar-refractivity contribution >= 4 is 5.97 Å². The van der Waals surface area contributed by atoms with E-state index in [9.17, 15) is 4.79 Å². The third-order valence-electron chi connectivity index (χ3n) is 3.41. The lowest BCUT2D eigenvalue weighted by Crippen LogP contribution is -2.30. The summed E-state index contributed by atoms with van der Waals surface area (Å²) in [5, 5.41) is 8.78. The average molecular weight is 249 g/mol. The van der Waals surface area contributed by atoms with Crippen LogP contribution < -0.4 is 4.74 Å². The van der Waals surface area contributed by atoms with Crippen molar-refractivity contribution in [3.63, 3.8) is 0 Å². The molecule has 0 amide bonds. The Hall–Kier alpha value is -1.55. The van der Waals surface area contributed by atoms with Crippen molar-refractivity contribution in [2.24, 2.45) is 0 Å². The molecule has 0 bridgehead atoms. The van der Waals surface area contributed by atoms with E-state index in [0.717, 1.165) is 25.3 Å². The molecule has 0 spiro atoms. The van der Waals surface area contributed by atoms with Gasteiger partial charge in [0.15, 0.2) is 0 Å². The lowest BCUT2D eigenvalue weighted by molar-refractivity contribution is -0.138. The highest BCUT2D eigenvalue weighted by molar-refractivity contribution is 5.67. The van der Waals surface area contributed by atoms with Crippen LogP contribution in [-0.4, -0.2) is 35.7 Å². The van der Waals surface area contributed by atoms with E-state index in [4.69, 9.17) is 9.84 Å². The SMILES string of the molecule is CC(CC(=O)O)N(C)Cc1ccc2c(c1)CCO2. The molecule has 4 heteroatoms. The molecule has 0 saturated heterocycles. The number of carboxylic acid groups (broad SMARTS) is 1. The van der Waals surface area contributed by atoms with Gasteiger partial charge in [-0.2, -0.15) is 0 Å². The first-order valence-corrected chi connectivity index (χ1v) is 6.23. The molecule has 0 fully saturated rings. The van der Waals surface area contributed by atoms with Crippen LogP contribution in [0.2, 0.25) is 0 Å². The largest absolute Gasteiger partial charge is 0.493 e. The molecule has 1 heterocycles. The Kier molecular flexibility index (Phi) is 3.87. The summed E-state index contributed by atoms with van der Waals surface area (Å²) in [7, 11) is 1.96. The molecule has 1 unspecified atom stereocenters. The summed E-state index contributed by atoms with van der Waals surface area (Å²) in [4.78, 5) is 12.7. The minimum Gasteiger partial charge on any atom is -0.493 e. The Balaban J connectivity index is 1.98. The summed E-state index contributed by atoms with van der Waals surface area (Å²) >= 11 is 0. The van der Waals surface area contributed by atoms with Crippen LogP contribution in [0.4, 0.5) is 0 Å². The van der Waals surface area contributed by atoms with Crippen LogP contribution in [0, 0.1) is 0 Å². The topological polar surface area (TPSA) is 49.8 Å². The summed E-state index contributed by atoms with van der Waals surface area (Å²) < 4.78 is 5.47. The number of carbonyl (C=O) groups is 1. The molecular formula is C14H19NO3. The number of benzene rings is 1. The van der Waals surface area contributed by atoms with E-state index in [0.29, 0.717) is 0 Å². The van der Waals surface area contributed by atoms with Gasteiger partial charge in [-0.05, 0) is 31.2 Å². The Morgan fingerprint density at radius 1 is 1.56 bits per heavy atom. The number of aliphatic carboxylic acids is 1. The maximum absolute atomic E-state index is 10.7. The quantitative estimate of drug-likeness (QED) is 0.866. The highest BCUT2D eigenvalue weighted by atomic mass is 16.5.